The minimum absolute atomic E-state index is 0. The zero-order valence-electron chi connectivity index (χ0n) is 27.1. The number of benzene rings is 2. The number of carbonyl (C=O) groups excluding carboxylic acids is 3. The summed E-state index contributed by atoms with van der Waals surface area (Å²) in [5, 5.41) is 59.3. The van der Waals surface area contributed by atoms with Gasteiger partial charge in [0.1, 0.15) is 23.9 Å². The normalized spacial score (nSPS) is 21.8. The maximum atomic E-state index is 12.4. The Morgan fingerprint density at radius 2 is 1.98 bits per heavy atom. The molecular weight excluding hydrogens is 649 g/mol. The average Bonchev–Trinajstić information content (AvgIpc) is 3.69. The number of hydrogen-bond donors (Lipinski definition) is 7. The molecule has 8 N–H and O–H groups in total. The first-order valence-corrected chi connectivity index (χ1v) is 15.4. The van der Waals surface area contributed by atoms with Crippen molar-refractivity contribution in [3.8, 4) is 0 Å². The SMILES string of the molecule is CC(=O)N[C@H]1C([C@H](O)[C@H](O)CNC(=O)c2ccccc2)O[C@@](OCc2cn(CCCc3c[nH]c4ccc(N)cc34)nn2)(C(=O)[O-])C[C@@H]1O.[Na+]. The molecule has 0 saturated carbocycles. The molecule has 3 heterocycles. The Labute approximate surface area is 303 Å². The summed E-state index contributed by atoms with van der Waals surface area (Å²) in [6.45, 7) is 0.762. The van der Waals surface area contributed by atoms with Crippen LogP contribution in [0.5, 0.6) is 0 Å². The summed E-state index contributed by atoms with van der Waals surface area (Å²) in [6.07, 6.45) is -2.65. The Kier molecular flexibility index (Phi) is 12.9. The minimum atomic E-state index is -2.60. The molecule has 0 bridgehead atoms. The number of aliphatic hydroxyl groups excluding tert-OH is 3. The topological polar surface area (TPSA) is 250 Å². The number of nitrogen functional groups attached to an aromatic ring is 1. The molecule has 1 fully saturated rings. The molecule has 1 unspecified atom stereocenters. The van der Waals surface area contributed by atoms with Crippen molar-refractivity contribution in [2.24, 2.45) is 0 Å². The number of aromatic amines is 1. The number of amides is 2. The first kappa shape index (κ1) is 37.9. The Morgan fingerprint density at radius 1 is 1.22 bits per heavy atom. The first-order chi connectivity index (χ1) is 23.0. The molecule has 16 nitrogen and oxygen atoms in total. The summed E-state index contributed by atoms with van der Waals surface area (Å²) in [5.74, 6) is -5.61. The van der Waals surface area contributed by atoms with E-state index in [-0.39, 0.29) is 35.3 Å². The quantitative estimate of drug-likeness (QED) is 0.0492. The number of aliphatic carboxylic acids is 1. The molecule has 2 aromatic heterocycles. The maximum absolute atomic E-state index is 12.4. The second-order valence-corrected chi connectivity index (χ2v) is 11.7. The number of rotatable bonds is 14. The number of hydrogen-bond acceptors (Lipinski definition) is 12. The second-order valence-electron chi connectivity index (χ2n) is 11.7. The van der Waals surface area contributed by atoms with Crippen molar-refractivity contribution >= 4 is 34.4 Å². The molecule has 0 spiro atoms. The molecule has 49 heavy (non-hydrogen) atoms. The van der Waals surface area contributed by atoms with Crippen molar-refractivity contribution in [3.05, 3.63) is 77.7 Å². The minimum Gasteiger partial charge on any atom is -0.544 e. The molecular formula is C32H38N7NaO9. The van der Waals surface area contributed by atoms with Gasteiger partial charge in [0.05, 0.1) is 31.1 Å². The van der Waals surface area contributed by atoms with E-state index in [1.165, 1.54) is 0 Å². The molecule has 4 aromatic rings. The number of fused-ring (bicyclic) bond motifs is 1. The third-order valence-electron chi connectivity index (χ3n) is 8.16. The summed E-state index contributed by atoms with van der Waals surface area (Å²) >= 11 is 0. The van der Waals surface area contributed by atoms with Crippen LogP contribution >= 0.6 is 0 Å². The van der Waals surface area contributed by atoms with Gasteiger partial charge < -0.3 is 56.0 Å². The van der Waals surface area contributed by atoms with Crippen molar-refractivity contribution < 1.29 is 73.8 Å². The van der Waals surface area contributed by atoms with Crippen LogP contribution < -0.4 is 51.0 Å². The summed E-state index contributed by atoms with van der Waals surface area (Å²) in [6, 6.07) is 12.4. The predicted molar refractivity (Wildman–Crippen MR) is 167 cm³/mol. The van der Waals surface area contributed by atoms with Gasteiger partial charge >= 0.3 is 29.6 Å². The van der Waals surface area contributed by atoms with Gasteiger partial charge in [-0.15, -0.1) is 5.10 Å². The number of nitrogens with one attached hydrogen (secondary N) is 3. The van der Waals surface area contributed by atoms with Gasteiger partial charge in [-0.2, -0.15) is 0 Å². The maximum Gasteiger partial charge on any atom is 1.00 e. The van der Waals surface area contributed by atoms with E-state index in [0.29, 0.717) is 24.2 Å². The number of anilines is 1. The number of aryl methyl sites for hydroxylation is 2. The Bertz CT molecular complexity index is 1740. The van der Waals surface area contributed by atoms with E-state index in [1.807, 2.05) is 24.4 Å². The summed E-state index contributed by atoms with van der Waals surface area (Å²) in [7, 11) is 0. The Hall–Kier alpha value is -3.87. The fourth-order valence-corrected chi connectivity index (χ4v) is 5.71. The van der Waals surface area contributed by atoms with E-state index >= 15 is 0 Å². The van der Waals surface area contributed by atoms with Crippen molar-refractivity contribution in [2.75, 3.05) is 12.3 Å². The summed E-state index contributed by atoms with van der Waals surface area (Å²) in [5.41, 5.74) is 9.24. The van der Waals surface area contributed by atoms with E-state index in [2.05, 4.69) is 25.9 Å². The zero-order valence-corrected chi connectivity index (χ0v) is 29.1. The van der Waals surface area contributed by atoms with Gasteiger partial charge in [0.2, 0.25) is 11.7 Å². The molecule has 1 aliphatic rings. The van der Waals surface area contributed by atoms with Gasteiger partial charge in [0, 0.05) is 54.8 Å². The fraction of sp³-hybridized carbons (Fsp3) is 0.406. The number of nitrogens with two attached hydrogens (primary N) is 1. The number of H-pyrrole nitrogens is 1. The average molecular weight is 688 g/mol. The number of carboxylic acid groups (broad SMARTS) is 1. The fourth-order valence-electron chi connectivity index (χ4n) is 5.71. The Morgan fingerprint density at radius 3 is 2.69 bits per heavy atom. The van der Waals surface area contributed by atoms with Crippen molar-refractivity contribution in [1.29, 1.82) is 0 Å². The van der Waals surface area contributed by atoms with Gasteiger partial charge in [-0.25, -0.2) is 0 Å². The van der Waals surface area contributed by atoms with E-state index in [9.17, 15) is 34.8 Å². The van der Waals surface area contributed by atoms with E-state index < -0.39 is 73.6 Å². The number of aromatic nitrogens is 4. The Balaban J connectivity index is 0.00000541. The van der Waals surface area contributed by atoms with Crippen LogP contribution in [0.3, 0.4) is 0 Å². The molecule has 1 saturated heterocycles. The molecule has 256 valence electrons. The molecule has 0 aliphatic carbocycles. The van der Waals surface area contributed by atoms with Crippen LogP contribution in [0, 0.1) is 0 Å². The molecule has 5 rings (SSSR count). The van der Waals surface area contributed by atoms with Crippen LogP contribution in [0.2, 0.25) is 0 Å². The first-order valence-electron chi connectivity index (χ1n) is 15.4. The molecule has 2 amide bonds. The van der Waals surface area contributed by atoms with E-state index in [4.69, 9.17) is 15.2 Å². The third kappa shape index (κ3) is 9.23. The van der Waals surface area contributed by atoms with Crippen LogP contribution in [0.15, 0.2) is 60.9 Å². The third-order valence-corrected chi connectivity index (χ3v) is 8.16. The molecule has 0 radical (unpaired) electrons. The van der Waals surface area contributed by atoms with Crippen molar-refractivity contribution in [2.45, 2.75) is 75.6 Å². The van der Waals surface area contributed by atoms with Gasteiger partial charge in [-0.05, 0) is 48.7 Å². The summed E-state index contributed by atoms with van der Waals surface area (Å²) < 4.78 is 12.9. The largest absolute Gasteiger partial charge is 1.00 e. The molecule has 1 aliphatic heterocycles. The van der Waals surface area contributed by atoms with Crippen molar-refractivity contribution in [3.63, 3.8) is 0 Å². The zero-order chi connectivity index (χ0) is 34.4. The van der Waals surface area contributed by atoms with E-state index in [0.717, 1.165) is 29.8 Å². The molecule has 17 heteroatoms. The van der Waals surface area contributed by atoms with Crippen LogP contribution in [-0.4, -0.2) is 95.9 Å². The van der Waals surface area contributed by atoms with Crippen LogP contribution in [0.4, 0.5) is 5.69 Å². The van der Waals surface area contributed by atoms with Gasteiger partial charge in [0.25, 0.3) is 5.91 Å². The number of aliphatic hydroxyl groups is 3. The summed E-state index contributed by atoms with van der Waals surface area (Å²) in [4.78, 5) is 40.0. The van der Waals surface area contributed by atoms with Gasteiger partial charge in [-0.3, -0.25) is 14.3 Å². The van der Waals surface area contributed by atoms with Crippen molar-refractivity contribution in [1.82, 2.24) is 30.6 Å². The number of ether oxygens (including phenoxy) is 2. The van der Waals surface area contributed by atoms with Gasteiger partial charge in [-0.1, -0.05) is 23.4 Å². The van der Waals surface area contributed by atoms with E-state index in [1.54, 1.807) is 41.2 Å². The standard InChI is InChI=1S/C32H39N7O9.Na/c1-18(40)36-27-25(41)13-32(31(45)46,48-29(27)28(43)26(42)15-35-30(44)19-6-3-2-4-7-19)47-17-22-16-39(38-37-22)11-5-8-20-14-34-24-10-9-21(33)12-23(20)24;/h2-4,6-7,9-10,12,14,16,25-29,34,41-43H,5,8,11,13,15,17,33H2,1H3,(H,35,44)(H,36,40)(H,45,46);/q;+1/p-1/t25-,26+,27+,28+,29?,32+;/m0./s1. The van der Waals surface area contributed by atoms with Crippen LogP contribution in [0.25, 0.3) is 10.9 Å². The predicted octanol–water partition coefficient (Wildman–Crippen LogP) is -4.25. The monoisotopic (exact) mass is 687 g/mol. The van der Waals surface area contributed by atoms with Gasteiger partial charge in [0.15, 0.2) is 0 Å². The molecule has 6 atom stereocenters. The van der Waals surface area contributed by atoms with Crippen LogP contribution in [0.1, 0.15) is 41.4 Å². The number of carbonyl (C=O) groups is 3. The molecule has 2 aromatic carbocycles. The number of nitrogens with zero attached hydrogens (tertiary/aromatic N) is 3. The van der Waals surface area contributed by atoms with Crippen LogP contribution in [-0.2, 0) is 38.6 Å². The smallest absolute Gasteiger partial charge is 0.544 e. The second kappa shape index (κ2) is 16.7. The number of carboxylic acids is 1.